The van der Waals surface area contributed by atoms with E-state index >= 15 is 0 Å². The maximum atomic E-state index is 12.1. The summed E-state index contributed by atoms with van der Waals surface area (Å²) in [5.74, 6) is 0. The van der Waals surface area contributed by atoms with Crippen molar-refractivity contribution < 1.29 is 4.79 Å². The van der Waals surface area contributed by atoms with Gasteiger partial charge in [0.05, 0.1) is 0 Å². The predicted octanol–water partition coefficient (Wildman–Crippen LogP) is 2.82. The fourth-order valence-corrected chi connectivity index (χ4v) is 1.84. The van der Waals surface area contributed by atoms with E-state index in [9.17, 15) is 4.79 Å². The van der Waals surface area contributed by atoms with Gasteiger partial charge in [0.2, 0.25) is 0 Å². The monoisotopic (exact) mass is 255 g/mol. The minimum atomic E-state index is -0.0995. The van der Waals surface area contributed by atoms with Crippen LogP contribution in [0.2, 0.25) is 0 Å². The Morgan fingerprint density at radius 1 is 1.16 bits per heavy atom. The van der Waals surface area contributed by atoms with Gasteiger partial charge in [-0.1, -0.05) is 30.3 Å². The van der Waals surface area contributed by atoms with Crippen molar-refractivity contribution in [1.82, 2.24) is 10.3 Å². The zero-order chi connectivity index (χ0) is 13.5. The zero-order valence-corrected chi connectivity index (χ0v) is 10.9. The van der Waals surface area contributed by atoms with E-state index in [-0.39, 0.29) is 6.03 Å². The SMILES string of the molecule is CCN(C(=O)NCc1ccccc1)c1ccncc1. The van der Waals surface area contributed by atoms with E-state index in [4.69, 9.17) is 0 Å². The average Bonchev–Trinajstić information content (AvgIpc) is 2.48. The van der Waals surface area contributed by atoms with Gasteiger partial charge in [-0.15, -0.1) is 0 Å². The first-order valence-electron chi connectivity index (χ1n) is 6.30. The quantitative estimate of drug-likeness (QED) is 0.913. The highest BCUT2D eigenvalue weighted by atomic mass is 16.2. The summed E-state index contributed by atoms with van der Waals surface area (Å²) in [6.07, 6.45) is 3.37. The van der Waals surface area contributed by atoms with E-state index in [0.717, 1.165) is 11.3 Å². The van der Waals surface area contributed by atoms with E-state index in [1.54, 1.807) is 17.3 Å². The van der Waals surface area contributed by atoms with Gasteiger partial charge >= 0.3 is 6.03 Å². The van der Waals surface area contributed by atoms with E-state index in [2.05, 4.69) is 10.3 Å². The minimum Gasteiger partial charge on any atom is -0.334 e. The number of anilines is 1. The molecular weight excluding hydrogens is 238 g/mol. The Labute approximate surface area is 113 Å². The van der Waals surface area contributed by atoms with E-state index in [0.29, 0.717) is 13.1 Å². The maximum absolute atomic E-state index is 12.1. The molecule has 1 aromatic heterocycles. The molecule has 0 aliphatic heterocycles. The smallest absolute Gasteiger partial charge is 0.322 e. The molecule has 0 saturated heterocycles. The second-order valence-corrected chi connectivity index (χ2v) is 4.09. The van der Waals surface area contributed by atoms with Crippen LogP contribution in [0.5, 0.6) is 0 Å². The summed E-state index contributed by atoms with van der Waals surface area (Å²) < 4.78 is 0. The third-order valence-electron chi connectivity index (χ3n) is 2.82. The van der Waals surface area contributed by atoms with Gasteiger partial charge < -0.3 is 5.32 Å². The third kappa shape index (κ3) is 3.55. The number of urea groups is 1. The summed E-state index contributed by atoms with van der Waals surface area (Å²) in [6, 6.07) is 13.4. The molecule has 0 unspecified atom stereocenters. The van der Waals surface area contributed by atoms with Gasteiger partial charge in [-0.25, -0.2) is 4.79 Å². The molecule has 0 aliphatic rings. The number of pyridine rings is 1. The Bertz CT molecular complexity index is 513. The second kappa shape index (κ2) is 6.54. The fraction of sp³-hybridized carbons (Fsp3) is 0.200. The highest BCUT2D eigenvalue weighted by molar-refractivity contribution is 5.91. The minimum absolute atomic E-state index is 0.0995. The van der Waals surface area contributed by atoms with Crippen molar-refractivity contribution in [1.29, 1.82) is 0 Å². The number of nitrogens with zero attached hydrogens (tertiary/aromatic N) is 2. The molecule has 2 rings (SSSR count). The first-order valence-corrected chi connectivity index (χ1v) is 6.30. The Morgan fingerprint density at radius 3 is 2.47 bits per heavy atom. The number of hydrogen-bond acceptors (Lipinski definition) is 2. The summed E-state index contributed by atoms with van der Waals surface area (Å²) in [7, 11) is 0. The lowest BCUT2D eigenvalue weighted by Gasteiger charge is -2.21. The topological polar surface area (TPSA) is 45.2 Å². The van der Waals surface area contributed by atoms with Crippen LogP contribution in [0.3, 0.4) is 0 Å². The number of aromatic nitrogens is 1. The lowest BCUT2D eigenvalue weighted by molar-refractivity contribution is 0.246. The van der Waals surface area contributed by atoms with Crippen molar-refractivity contribution in [3.63, 3.8) is 0 Å². The summed E-state index contributed by atoms with van der Waals surface area (Å²) in [4.78, 5) is 17.8. The molecule has 98 valence electrons. The molecule has 4 nitrogen and oxygen atoms in total. The standard InChI is InChI=1S/C15H17N3O/c1-2-18(14-8-10-16-11-9-14)15(19)17-12-13-6-4-3-5-7-13/h3-11H,2,12H2,1H3,(H,17,19). The lowest BCUT2D eigenvalue weighted by atomic mass is 10.2. The largest absolute Gasteiger partial charge is 0.334 e. The molecule has 0 saturated carbocycles. The van der Waals surface area contributed by atoms with Crippen LogP contribution in [0.4, 0.5) is 10.5 Å². The molecule has 2 amide bonds. The molecule has 2 aromatic rings. The van der Waals surface area contributed by atoms with Crippen LogP contribution in [-0.4, -0.2) is 17.6 Å². The van der Waals surface area contributed by atoms with Crippen LogP contribution < -0.4 is 10.2 Å². The summed E-state index contributed by atoms with van der Waals surface area (Å²) >= 11 is 0. The Kier molecular flexibility index (Phi) is 4.50. The number of carbonyl (C=O) groups is 1. The second-order valence-electron chi connectivity index (χ2n) is 4.09. The molecule has 0 atom stereocenters. The third-order valence-corrected chi connectivity index (χ3v) is 2.82. The summed E-state index contributed by atoms with van der Waals surface area (Å²) in [5, 5.41) is 2.92. The van der Waals surface area contributed by atoms with Crippen LogP contribution in [0.1, 0.15) is 12.5 Å². The molecule has 0 spiro atoms. The Hall–Kier alpha value is -2.36. The molecule has 1 aromatic carbocycles. The van der Waals surface area contributed by atoms with E-state index in [1.807, 2.05) is 49.4 Å². The molecule has 0 radical (unpaired) electrons. The van der Waals surface area contributed by atoms with Gasteiger partial charge in [-0.3, -0.25) is 9.88 Å². The Balaban J connectivity index is 1.98. The summed E-state index contributed by atoms with van der Waals surface area (Å²) in [5.41, 5.74) is 1.93. The van der Waals surface area contributed by atoms with Crippen molar-refractivity contribution in [3.8, 4) is 0 Å². The average molecular weight is 255 g/mol. The van der Waals surface area contributed by atoms with Gasteiger partial charge in [0, 0.05) is 31.2 Å². The number of carbonyl (C=O) groups excluding carboxylic acids is 1. The fourth-order valence-electron chi connectivity index (χ4n) is 1.84. The number of amides is 2. The Morgan fingerprint density at radius 2 is 1.84 bits per heavy atom. The molecule has 0 aliphatic carbocycles. The number of hydrogen-bond donors (Lipinski definition) is 1. The highest BCUT2D eigenvalue weighted by Gasteiger charge is 2.12. The van der Waals surface area contributed by atoms with Gasteiger partial charge in [-0.2, -0.15) is 0 Å². The van der Waals surface area contributed by atoms with Crippen molar-refractivity contribution in [3.05, 3.63) is 60.4 Å². The van der Waals surface area contributed by atoms with Crippen molar-refractivity contribution in [2.24, 2.45) is 0 Å². The predicted molar refractivity (Wildman–Crippen MR) is 75.9 cm³/mol. The van der Waals surface area contributed by atoms with Crippen LogP contribution >= 0.6 is 0 Å². The number of nitrogens with one attached hydrogen (secondary N) is 1. The van der Waals surface area contributed by atoms with E-state index in [1.165, 1.54) is 0 Å². The highest BCUT2D eigenvalue weighted by Crippen LogP contribution is 2.11. The van der Waals surface area contributed by atoms with Crippen LogP contribution in [-0.2, 0) is 6.54 Å². The molecule has 1 N–H and O–H groups in total. The van der Waals surface area contributed by atoms with Gasteiger partial charge in [0.25, 0.3) is 0 Å². The van der Waals surface area contributed by atoms with Crippen molar-refractivity contribution in [2.45, 2.75) is 13.5 Å². The molecule has 4 heteroatoms. The first-order chi connectivity index (χ1) is 9.31. The molecular formula is C15H17N3O. The van der Waals surface area contributed by atoms with E-state index < -0.39 is 0 Å². The normalized spacial score (nSPS) is 9.95. The molecule has 0 fully saturated rings. The first kappa shape index (κ1) is 13.1. The summed E-state index contributed by atoms with van der Waals surface area (Å²) in [6.45, 7) is 3.09. The zero-order valence-electron chi connectivity index (χ0n) is 10.9. The van der Waals surface area contributed by atoms with Gasteiger partial charge in [0.15, 0.2) is 0 Å². The van der Waals surface area contributed by atoms with Gasteiger partial charge in [-0.05, 0) is 24.6 Å². The maximum Gasteiger partial charge on any atom is 0.322 e. The molecule has 1 heterocycles. The molecule has 19 heavy (non-hydrogen) atoms. The van der Waals surface area contributed by atoms with Crippen LogP contribution in [0, 0.1) is 0 Å². The number of benzene rings is 1. The van der Waals surface area contributed by atoms with Gasteiger partial charge in [0.1, 0.15) is 0 Å². The molecule has 0 bridgehead atoms. The van der Waals surface area contributed by atoms with Crippen LogP contribution in [0.15, 0.2) is 54.9 Å². The van der Waals surface area contributed by atoms with Crippen molar-refractivity contribution in [2.75, 3.05) is 11.4 Å². The van der Waals surface area contributed by atoms with Crippen LogP contribution in [0.25, 0.3) is 0 Å². The van der Waals surface area contributed by atoms with Crippen molar-refractivity contribution >= 4 is 11.7 Å². The number of rotatable bonds is 4. The lowest BCUT2D eigenvalue weighted by Crippen LogP contribution is -2.39.